The van der Waals surface area contributed by atoms with Gasteiger partial charge in [0, 0.05) is 24.5 Å². The normalized spacial score (nSPS) is 13.5. The van der Waals surface area contributed by atoms with E-state index < -0.39 is 6.03 Å². The number of likely N-dealkylation sites (tertiary alicyclic amines) is 1. The van der Waals surface area contributed by atoms with Crippen LogP contribution in [-0.4, -0.2) is 59.4 Å². The van der Waals surface area contributed by atoms with E-state index in [4.69, 9.17) is 23.2 Å². The van der Waals surface area contributed by atoms with Gasteiger partial charge in [-0.25, -0.2) is 4.79 Å². The molecule has 1 aliphatic rings. The number of thiophene rings is 1. The van der Waals surface area contributed by atoms with Crippen molar-refractivity contribution in [2.24, 2.45) is 0 Å². The number of urea groups is 1. The molecule has 1 saturated heterocycles. The molecule has 3 aromatic rings. The van der Waals surface area contributed by atoms with Gasteiger partial charge in [0.05, 0.1) is 22.3 Å². The molecule has 2 aromatic carbocycles. The first-order valence-corrected chi connectivity index (χ1v) is 14.1. The summed E-state index contributed by atoms with van der Waals surface area (Å²) in [5, 5.41) is 5.58. The molecule has 196 valence electrons. The van der Waals surface area contributed by atoms with E-state index in [1.165, 1.54) is 0 Å². The Balaban J connectivity index is 1.53. The van der Waals surface area contributed by atoms with Crippen LogP contribution in [0.3, 0.4) is 0 Å². The molecule has 6 nitrogen and oxygen atoms in total. The zero-order chi connectivity index (χ0) is 26.2. The second-order valence-corrected chi connectivity index (χ2v) is 11.1. The number of anilines is 1. The van der Waals surface area contributed by atoms with E-state index in [9.17, 15) is 9.59 Å². The summed E-state index contributed by atoms with van der Waals surface area (Å²) in [5.74, 6) is -0.113. The highest BCUT2D eigenvalue weighted by molar-refractivity contribution is 7.10. The third-order valence-corrected chi connectivity index (χ3v) is 8.20. The van der Waals surface area contributed by atoms with Gasteiger partial charge in [0.15, 0.2) is 0 Å². The van der Waals surface area contributed by atoms with Crippen molar-refractivity contribution in [3.63, 3.8) is 0 Å². The molecule has 0 aliphatic carbocycles. The lowest BCUT2D eigenvalue weighted by Crippen LogP contribution is -2.46. The molecular formula is C28H32Cl2N4O2S. The number of aryl methyl sites for hydroxylation is 1. The highest BCUT2D eigenvalue weighted by Crippen LogP contribution is 2.30. The maximum absolute atomic E-state index is 13.7. The molecule has 1 aromatic heterocycles. The molecule has 37 heavy (non-hydrogen) atoms. The van der Waals surface area contributed by atoms with E-state index in [1.807, 2.05) is 40.6 Å². The molecule has 1 N–H and O–H groups in total. The minimum Gasteiger partial charge on any atom is -0.332 e. The van der Waals surface area contributed by atoms with Gasteiger partial charge in [-0.3, -0.25) is 4.79 Å². The van der Waals surface area contributed by atoms with Crippen LogP contribution < -0.4 is 5.32 Å². The average molecular weight is 560 g/mol. The summed E-state index contributed by atoms with van der Waals surface area (Å²) in [6.07, 6.45) is 2.32. The first-order valence-electron chi connectivity index (χ1n) is 12.5. The van der Waals surface area contributed by atoms with Crippen LogP contribution in [0.15, 0.2) is 60.0 Å². The molecule has 0 bridgehead atoms. The third-order valence-electron chi connectivity index (χ3n) is 6.56. The molecule has 0 atom stereocenters. The smallest absolute Gasteiger partial charge is 0.322 e. The summed E-state index contributed by atoms with van der Waals surface area (Å²) in [4.78, 5) is 34.0. The van der Waals surface area contributed by atoms with Crippen LogP contribution in [0.2, 0.25) is 10.0 Å². The van der Waals surface area contributed by atoms with Crippen LogP contribution in [0.5, 0.6) is 0 Å². The van der Waals surface area contributed by atoms with Gasteiger partial charge in [0.1, 0.15) is 6.54 Å². The largest absolute Gasteiger partial charge is 0.332 e. The number of hydrogen-bond acceptors (Lipinski definition) is 4. The van der Waals surface area contributed by atoms with Crippen molar-refractivity contribution < 1.29 is 9.59 Å². The van der Waals surface area contributed by atoms with E-state index in [1.54, 1.807) is 34.4 Å². The van der Waals surface area contributed by atoms with Crippen LogP contribution in [0.4, 0.5) is 10.5 Å². The minimum absolute atomic E-state index is 0.0427. The maximum Gasteiger partial charge on any atom is 0.322 e. The SMILES string of the molecule is Cc1ccsc1CN(Cc1ccccc1)C(=O)CN(CCN1CCCC1)C(=O)Nc1c(Cl)cccc1Cl. The minimum atomic E-state index is -0.394. The van der Waals surface area contributed by atoms with Gasteiger partial charge in [0.2, 0.25) is 5.91 Å². The molecule has 3 amide bonds. The van der Waals surface area contributed by atoms with Crippen molar-refractivity contribution in [2.75, 3.05) is 38.0 Å². The molecule has 0 saturated carbocycles. The second kappa shape index (κ2) is 13.3. The topological polar surface area (TPSA) is 55.9 Å². The number of carbonyl (C=O) groups excluding carboxylic acids is 2. The predicted molar refractivity (Wildman–Crippen MR) is 152 cm³/mol. The van der Waals surface area contributed by atoms with E-state index >= 15 is 0 Å². The fraction of sp³-hybridized carbons (Fsp3) is 0.357. The molecule has 0 unspecified atom stereocenters. The Morgan fingerprint density at radius 2 is 1.65 bits per heavy atom. The molecule has 4 rings (SSSR count). The van der Waals surface area contributed by atoms with Gasteiger partial charge >= 0.3 is 6.03 Å². The highest BCUT2D eigenvalue weighted by atomic mass is 35.5. The monoisotopic (exact) mass is 558 g/mol. The first kappa shape index (κ1) is 27.5. The molecule has 1 fully saturated rings. The number of halogens is 2. The van der Waals surface area contributed by atoms with Gasteiger partial charge in [-0.15, -0.1) is 11.3 Å². The summed E-state index contributed by atoms with van der Waals surface area (Å²) in [6, 6.07) is 16.7. The summed E-state index contributed by atoms with van der Waals surface area (Å²) >= 11 is 14.2. The Bertz CT molecular complexity index is 1180. The lowest BCUT2D eigenvalue weighted by atomic mass is 10.2. The molecule has 9 heteroatoms. The van der Waals surface area contributed by atoms with Gasteiger partial charge in [-0.05, 0) is 67.6 Å². The van der Waals surface area contributed by atoms with E-state index in [0.29, 0.717) is 41.9 Å². The van der Waals surface area contributed by atoms with E-state index in [-0.39, 0.29) is 12.5 Å². The number of nitrogens with one attached hydrogen (secondary N) is 1. The fourth-order valence-electron chi connectivity index (χ4n) is 4.36. The van der Waals surface area contributed by atoms with Crippen molar-refractivity contribution in [1.29, 1.82) is 0 Å². The van der Waals surface area contributed by atoms with Crippen LogP contribution in [0.1, 0.15) is 28.8 Å². The van der Waals surface area contributed by atoms with Gasteiger partial charge in [0.25, 0.3) is 0 Å². The second-order valence-electron chi connectivity index (χ2n) is 9.26. The van der Waals surface area contributed by atoms with Gasteiger partial charge in [-0.1, -0.05) is 59.6 Å². The standard InChI is InChI=1S/C28H32Cl2N4O2S/c1-21-12-17-37-25(21)19-34(18-22-8-3-2-4-9-22)26(35)20-33(16-15-32-13-5-6-14-32)28(36)31-27-23(29)10-7-11-24(27)30/h2-4,7-12,17H,5-6,13-16,18-20H2,1H3,(H,31,36). The van der Waals surface area contributed by atoms with Crippen LogP contribution in [-0.2, 0) is 17.9 Å². The Labute approximate surface area is 232 Å². The first-order chi connectivity index (χ1) is 17.9. The summed E-state index contributed by atoms with van der Waals surface area (Å²) < 4.78 is 0. The third kappa shape index (κ3) is 7.71. The van der Waals surface area contributed by atoms with Crippen LogP contribution in [0.25, 0.3) is 0 Å². The van der Waals surface area contributed by atoms with Crippen molar-refractivity contribution >= 4 is 52.2 Å². The molecular weight excluding hydrogens is 527 g/mol. The molecule has 1 aliphatic heterocycles. The number of para-hydroxylation sites is 1. The highest BCUT2D eigenvalue weighted by Gasteiger charge is 2.25. The van der Waals surface area contributed by atoms with Crippen molar-refractivity contribution in [1.82, 2.24) is 14.7 Å². The lowest BCUT2D eigenvalue weighted by Gasteiger charge is -2.29. The number of carbonyl (C=O) groups is 2. The fourth-order valence-corrected chi connectivity index (χ4v) is 5.78. The van der Waals surface area contributed by atoms with Crippen LogP contribution in [0, 0.1) is 6.92 Å². The summed E-state index contributed by atoms with van der Waals surface area (Å²) in [5.41, 5.74) is 2.55. The van der Waals surface area contributed by atoms with Crippen molar-refractivity contribution in [2.45, 2.75) is 32.9 Å². The predicted octanol–water partition coefficient (Wildman–Crippen LogP) is 6.52. The van der Waals surface area contributed by atoms with Gasteiger partial charge in [-0.2, -0.15) is 0 Å². The number of hydrogen-bond donors (Lipinski definition) is 1. The zero-order valence-corrected chi connectivity index (χ0v) is 23.3. The maximum atomic E-state index is 13.7. The Morgan fingerprint density at radius 1 is 0.946 bits per heavy atom. The summed E-state index contributed by atoms with van der Waals surface area (Å²) in [7, 11) is 0. The van der Waals surface area contributed by atoms with E-state index in [0.717, 1.165) is 41.9 Å². The Morgan fingerprint density at radius 3 is 2.30 bits per heavy atom. The zero-order valence-electron chi connectivity index (χ0n) is 21.0. The Hall–Kier alpha value is -2.58. The van der Waals surface area contributed by atoms with Crippen molar-refractivity contribution in [3.05, 3.63) is 86.0 Å². The summed E-state index contributed by atoms with van der Waals surface area (Å²) in [6.45, 7) is 6.13. The van der Waals surface area contributed by atoms with E-state index in [2.05, 4.69) is 23.2 Å². The van der Waals surface area contributed by atoms with Crippen molar-refractivity contribution in [3.8, 4) is 0 Å². The molecule has 0 radical (unpaired) electrons. The molecule has 0 spiro atoms. The number of benzene rings is 2. The molecule has 2 heterocycles. The number of nitrogens with zero attached hydrogens (tertiary/aromatic N) is 3. The Kier molecular flexibility index (Phi) is 9.86. The number of rotatable bonds is 10. The average Bonchev–Trinajstić information content (AvgIpc) is 3.56. The quantitative estimate of drug-likeness (QED) is 0.308. The number of amides is 3. The van der Waals surface area contributed by atoms with Crippen LogP contribution >= 0.6 is 34.5 Å². The lowest BCUT2D eigenvalue weighted by molar-refractivity contribution is -0.133. The van der Waals surface area contributed by atoms with Gasteiger partial charge < -0.3 is 20.0 Å².